The second kappa shape index (κ2) is 9.31. The fourth-order valence-electron chi connectivity index (χ4n) is 4.84. The summed E-state index contributed by atoms with van der Waals surface area (Å²) in [6.45, 7) is 3.53. The molecule has 29 heavy (non-hydrogen) atoms. The molecule has 0 spiro atoms. The summed E-state index contributed by atoms with van der Waals surface area (Å²) in [5.74, 6) is 0.708. The minimum absolute atomic E-state index is 0.142. The fourth-order valence-corrected chi connectivity index (χ4v) is 4.84. The quantitative estimate of drug-likeness (QED) is 0.742. The number of benzene rings is 2. The smallest absolute Gasteiger partial charge is 0.319 e. The van der Waals surface area contributed by atoms with E-state index in [9.17, 15) is 4.79 Å². The van der Waals surface area contributed by atoms with Crippen molar-refractivity contribution < 1.29 is 9.53 Å². The molecule has 5 nitrogen and oxygen atoms in total. The summed E-state index contributed by atoms with van der Waals surface area (Å²) in [6.07, 6.45) is 5.77. The molecular formula is C24H31N3O2. The molecule has 0 saturated carbocycles. The molecule has 2 atom stereocenters. The molecule has 2 heterocycles. The van der Waals surface area contributed by atoms with Crippen LogP contribution < -0.4 is 15.4 Å². The van der Waals surface area contributed by atoms with Gasteiger partial charge >= 0.3 is 6.03 Å². The van der Waals surface area contributed by atoms with Gasteiger partial charge in [-0.2, -0.15) is 0 Å². The number of carbonyl (C=O) groups is 1. The van der Waals surface area contributed by atoms with E-state index in [1.165, 1.54) is 24.8 Å². The fraction of sp³-hybridized carbons (Fsp3) is 0.458. The van der Waals surface area contributed by atoms with Gasteiger partial charge in [-0.15, -0.1) is 0 Å². The van der Waals surface area contributed by atoms with Crippen LogP contribution in [0.25, 0.3) is 0 Å². The van der Waals surface area contributed by atoms with Crippen molar-refractivity contribution in [2.45, 2.75) is 63.7 Å². The normalized spacial score (nSPS) is 24.0. The van der Waals surface area contributed by atoms with Crippen molar-refractivity contribution in [2.75, 3.05) is 11.9 Å². The van der Waals surface area contributed by atoms with Gasteiger partial charge in [-0.05, 0) is 50.3 Å². The van der Waals surface area contributed by atoms with Gasteiger partial charge in [-0.1, -0.05) is 48.9 Å². The Morgan fingerprint density at radius 1 is 1.03 bits per heavy atom. The monoisotopic (exact) mass is 393 g/mol. The minimum atomic E-state index is -0.142. The lowest BCUT2D eigenvalue weighted by atomic mass is 9.81. The maximum Gasteiger partial charge on any atom is 0.319 e. The van der Waals surface area contributed by atoms with Crippen LogP contribution in [0.15, 0.2) is 54.6 Å². The largest absolute Gasteiger partial charge is 0.492 e. The van der Waals surface area contributed by atoms with E-state index < -0.39 is 0 Å². The first-order valence-electron chi connectivity index (χ1n) is 10.8. The highest BCUT2D eigenvalue weighted by Gasteiger charge is 2.38. The molecule has 0 radical (unpaired) electrons. The average Bonchev–Trinajstić information content (AvgIpc) is 2.71. The van der Waals surface area contributed by atoms with Crippen LogP contribution >= 0.6 is 0 Å². The number of rotatable bonds is 6. The van der Waals surface area contributed by atoms with E-state index in [4.69, 9.17) is 4.74 Å². The van der Waals surface area contributed by atoms with Crippen molar-refractivity contribution in [1.29, 1.82) is 0 Å². The zero-order valence-corrected chi connectivity index (χ0v) is 17.1. The number of fused-ring (bicyclic) bond motifs is 2. The van der Waals surface area contributed by atoms with Crippen LogP contribution in [0.3, 0.4) is 0 Å². The number of nitrogens with one attached hydrogen (secondary N) is 2. The molecule has 0 aromatic heterocycles. The third kappa shape index (κ3) is 4.91. The van der Waals surface area contributed by atoms with Gasteiger partial charge in [0.1, 0.15) is 5.75 Å². The second-order valence-electron chi connectivity index (χ2n) is 8.09. The molecule has 2 saturated heterocycles. The van der Waals surface area contributed by atoms with Gasteiger partial charge in [-0.25, -0.2) is 4.79 Å². The number of urea groups is 1. The molecule has 2 aliphatic heterocycles. The molecule has 2 aromatic rings. The standard InChI is InChI=1S/C24H31N3O2/c1-2-29-23-14-7-6-13-22(23)26-24(28)25-19-15-20-11-8-12-21(16-19)27(20)17-18-9-4-3-5-10-18/h3-7,9-10,13-14,19-21H,2,8,11-12,15-17H2,1H3,(H2,25,26,28)/t20-,21-/m0/s1. The lowest BCUT2D eigenvalue weighted by molar-refractivity contribution is 0.0200. The van der Waals surface area contributed by atoms with Gasteiger partial charge in [-0.3, -0.25) is 4.90 Å². The summed E-state index contributed by atoms with van der Waals surface area (Å²) >= 11 is 0. The number of hydrogen-bond acceptors (Lipinski definition) is 3. The van der Waals surface area contributed by atoms with Crippen molar-refractivity contribution in [3.05, 3.63) is 60.2 Å². The van der Waals surface area contributed by atoms with Crippen LogP contribution in [0, 0.1) is 0 Å². The van der Waals surface area contributed by atoms with Crippen LogP contribution in [0.2, 0.25) is 0 Å². The minimum Gasteiger partial charge on any atom is -0.492 e. The Kier molecular flexibility index (Phi) is 6.35. The Labute approximate surface area is 173 Å². The highest BCUT2D eigenvalue weighted by molar-refractivity contribution is 5.91. The first-order chi connectivity index (χ1) is 14.2. The number of ether oxygens (including phenoxy) is 1. The first-order valence-corrected chi connectivity index (χ1v) is 10.8. The van der Waals surface area contributed by atoms with E-state index in [2.05, 4.69) is 45.9 Å². The van der Waals surface area contributed by atoms with E-state index in [-0.39, 0.29) is 12.1 Å². The molecule has 0 aliphatic carbocycles. The molecule has 2 amide bonds. The average molecular weight is 394 g/mol. The third-order valence-electron chi connectivity index (χ3n) is 6.10. The molecule has 4 rings (SSSR count). The predicted octanol–water partition coefficient (Wildman–Crippen LogP) is 4.79. The van der Waals surface area contributed by atoms with E-state index in [0.717, 1.165) is 19.4 Å². The SMILES string of the molecule is CCOc1ccccc1NC(=O)NC1C[C@@H]2CCC[C@@H](C1)N2Cc1ccccc1. The summed E-state index contributed by atoms with van der Waals surface area (Å²) in [4.78, 5) is 15.3. The molecule has 2 bridgehead atoms. The van der Waals surface area contributed by atoms with Crippen molar-refractivity contribution in [3.8, 4) is 5.75 Å². The Hall–Kier alpha value is -2.53. The summed E-state index contributed by atoms with van der Waals surface area (Å²) in [5, 5.41) is 6.19. The Morgan fingerprint density at radius 2 is 1.72 bits per heavy atom. The molecule has 2 fully saturated rings. The Bertz CT molecular complexity index is 797. The predicted molar refractivity (Wildman–Crippen MR) is 116 cm³/mol. The van der Waals surface area contributed by atoms with Crippen molar-refractivity contribution in [2.24, 2.45) is 0 Å². The lowest BCUT2D eigenvalue weighted by Gasteiger charge is -2.49. The molecule has 2 aliphatic rings. The number of amides is 2. The van der Waals surface area contributed by atoms with Crippen molar-refractivity contribution >= 4 is 11.7 Å². The van der Waals surface area contributed by atoms with E-state index in [1.54, 1.807) is 0 Å². The summed E-state index contributed by atoms with van der Waals surface area (Å²) in [6, 6.07) is 19.5. The van der Waals surface area contributed by atoms with Gasteiger partial charge in [0.15, 0.2) is 0 Å². The zero-order chi connectivity index (χ0) is 20.1. The molecule has 2 aromatic carbocycles. The first kappa shape index (κ1) is 19.8. The van der Waals surface area contributed by atoms with Crippen LogP contribution in [-0.2, 0) is 6.54 Å². The molecule has 5 heteroatoms. The Balaban J connectivity index is 1.36. The van der Waals surface area contributed by atoms with Crippen molar-refractivity contribution in [1.82, 2.24) is 10.2 Å². The van der Waals surface area contributed by atoms with Crippen LogP contribution in [0.5, 0.6) is 5.75 Å². The topological polar surface area (TPSA) is 53.6 Å². The maximum atomic E-state index is 12.6. The van der Waals surface area contributed by atoms with E-state index in [0.29, 0.717) is 30.1 Å². The number of hydrogen-bond donors (Lipinski definition) is 2. The van der Waals surface area contributed by atoms with Crippen LogP contribution in [-0.4, -0.2) is 35.7 Å². The summed E-state index contributed by atoms with van der Waals surface area (Å²) in [7, 11) is 0. The number of carbonyl (C=O) groups excluding carboxylic acids is 1. The van der Waals surface area contributed by atoms with E-state index >= 15 is 0 Å². The highest BCUT2D eigenvalue weighted by atomic mass is 16.5. The van der Waals surface area contributed by atoms with Gasteiger partial charge in [0.2, 0.25) is 0 Å². The van der Waals surface area contributed by atoms with Crippen LogP contribution in [0.4, 0.5) is 10.5 Å². The summed E-state index contributed by atoms with van der Waals surface area (Å²) < 4.78 is 5.61. The summed E-state index contributed by atoms with van der Waals surface area (Å²) in [5.41, 5.74) is 2.09. The number of para-hydroxylation sites is 2. The second-order valence-corrected chi connectivity index (χ2v) is 8.09. The van der Waals surface area contributed by atoms with Gasteiger partial charge < -0.3 is 15.4 Å². The lowest BCUT2D eigenvalue weighted by Crippen LogP contribution is -2.56. The molecule has 2 N–H and O–H groups in total. The highest BCUT2D eigenvalue weighted by Crippen LogP contribution is 2.35. The third-order valence-corrected chi connectivity index (χ3v) is 6.10. The molecular weight excluding hydrogens is 362 g/mol. The Morgan fingerprint density at radius 3 is 2.45 bits per heavy atom. The number of anilines is 1. The number of nitrogens with zero attached hydrogens (tertiary/aromatic N) is 1. The van der Waals surface area contributed by atoms with E-state index in [1.807, 2.05) is 31.2 Å². The molecule has 154 valence electrons. The van der Waals surface area contributed by atoms with Gasteiger partial charge in [0.05, 0.1) is 12.3 Å². The van der Waals surface area contributed by atoms with Gasteiger partial charge in [0.25, 0.3) is 0 Å². The number of piperidine rings is 2. The van der Waals surface area contributed by atoms with Crippen molar-refractivity contribution in [3.63, 3.8) is 0 Å². The molecule has 0 unspecified atom stereocenters. The zero-order valence-electron chi connectivity index (χ0n) is 17.1. The van der Waals surface area contributed by atoms with Crippen LogP contribution in [0.1, 0.15) is 44.6 Å². The maximum absolute atomic E-state index is 12.6. The van der Waals surface area contributed by atoms with Gasteiger partial charge in [0, 0.05) is 24.7 Å².